The number of hydrogen-bond acceptors (Lipinski definition) is 4. The average Bonchev–Trinajstić information content (AvgIpc) is 2.61. The summed E-state index contributed by atoms with van der Waals surface area (Å²) in [7, 11) is -0.550. The zero-order valence-electron chi connectivity index (χ0n) is 16.4. The van der Waals surface area contributed by atoms with Crippen molar-refractivity contribution in [2.75, 3.05) is 31.3 Å². The van der Waals surface area contributed by atoms with Crippen LogP contribution in [0.3, 0.4) is 0 Å². The van der Waals surface area contributed by atoms with E-state index < -0.39 is 10.0 Å². The lowest BCUT2D eigenvalue weighted by Gasteiger charge is -2.16. The molecular weight excluding hydrogens is 362 g/mol. The van der Waals surface area contributed by atoms with Crippen LogP contribution in [0.25, 0.3) is 0 Å². The summed E-state index contributed by atoms with van der Waals surface area (Å²) >= 11 is 0. The first kappa shape index (κ1) is 20.9. The molecule has 27 heavy (non-hydrogen) atoms. The van der Waals surface area contributed by atoms with Crippen LogP contribution in [0.5, 0.6) is 0 Å². The van der Waals surface area contributed by atoms with E-state index in [1.165, 1.54) is 14.1 Å². The first-order valence-corrected chi connectivity index (χ1v) is 10.2. The van der Waals surface area contributed by atoms with Crippen LogP contribution in [0.15, 0.2) is 47.4 Å². The van der Waals surface area contributed by atoms with Crippen molar-refractivity contribution >= 4 is 27.3 Å². The molecule has 7 heteroatoms. The van der Waals surface area contributed by atoms with E-state index in [2.05, 4.69) is 24.5 Å². The highest BCUT2D eigenvalue weighted by Gasteiger charge is 2.18. The van der Waals surface area contributed by atoms with Gasteiger partial charge in [0.15, 0.2) is 0 Å². The lowest BCUT2D eigenvalue weighted by atomic mass is 10.0. The standard InChI is InChI=1S/C20H27N3O3S/c1-14(2)17-8-6-7-9-18(17)22-20(24)13-21-19-12-16(11-10-15(19)3)27(25,26)23(4)5/h6-12,14,21H,13H2,1-5H3,(H,22,24). The van der Waals surface area contributed by atoms with Gasteiger partial charge in [-0.2, -0.15) is 0 Å². The summed E-state index contributed by atoms with van der Waals surface area (Å²) in [6, 6.07) is 12.5. The van der Waals surface area contributed by atoms with Gasteiger partial charge in [-0.1, -0.05) is 38.1 Å². The van der Waals surface area contributed by atoms with E-state index >= 15 is 0 Å². The molecule has 0 atom stereocenters. The number of amides is 1. The van der Waals surface area contributed by atoms with Crippen molar-refractivity contribution in [3.05, 3.63) is 53.6 Å². The highest BCUT2D eigenvalue weighted by molar-refractivity contribution is 7.89. The lowest BCUT2D eigenvalue weighted by Crippen LogP contribution is -2.24. The number of nitrogens with one attached hydrogen (secondary N) is 2. The molecule has 0 bridgehead atoms. The number of sulfonamides is 1. The quantitative estimate of drug-likeness (QED) is 0.761. The van der Waals surface area contributed by atoms with Crippen molar-refractivity contribution in [1.29, 1.82) is 0 Å². The fourth-order valence-corrected chi connectivity index (χ4v) is 3.58. The monoisotopic (exact) mass is 389 g/mol. The zero-order chi connectivity index (χ0) is 20.2. The van der Waals surface area contributed by atoms with Crippen LogP contribution < -0.4 is 10.6 Å². The number of hydrogen-bond donors (Lipinski definition) is 2. The molecule has 2 aromatic rings. The third kappa shape index (κ3) is 5.08. The Morgan fingerprint density at radius 2 is 1.74 bits per heavy atom. The van der Waals surface area contributed by atoms with Crippen LogP contribution in [-0.2, 0) is 14.8 Å². The number of nitrogens with zero attached hydrogens (tertiary/aromatic N) is 1. The first-order valence-electron chi connectivity index (χ1n) is 8.78. The van der Waals surface area contributed by atoms with E-state index in [9.17, 15) is 13.2 Å². The molecule has 1 amide bonds. The fraction of sp³-hybridized carbons (Fsp3) is 0.350. The minimum atomic E-state index is -3.53. The van der Waals surface area contributed by atoms with Crippen LogP contribution >= 0.6 is 0 Å². The van der Waals surface area contributed by atoms with Gasteiger partial charge in [0, 0.05) is 25.5 Å². The second-order valence-corrected chi connectivity index (χ2v) is 9.06. The van der Waals surface area contributed by atoms with E-state index in [0.717, 1.165) is 21.1 Å². The number of carbonyl (C=O) groups excluding carboxylic acids is 1. The Morgan fingerprint density at radius 3 is 2.37 bits per heavy atom. The van der Waals surface area contributed by atoms with Crippen molar-refractivity contribution < 1.29 is 13.2 Å². The maximum Gasteiger partial charge on any atom is 0.243 e. The molecule has 0 aromatic heterocycles. The second-order valence-electron chi connectivity index (χ2n) is 6.91. The van der Waals surface area contributed by atoms with E-state index in [0.29, 0.717) is 11.6 Å². The molecular formula is C20H27N3O3S. The summed E-state index contributed by atoms with van der Waals surface area (Å²) in [5.74, 6) is 0.105. The summed E-state index contributed by atoms with van der Waals surface area (Å²) in [6.07, 6.45) is 0. The molecule has 146 valence electrons. The van der Waals surface area contributed by atoms with Crippen molar-refractivity contribution in [1.82, 2.24) is 4.31 Å². The molecule has 0 aliphatic heterocycles. The molecule has 2 N–H and O–H groups in total. The average molecular weight is 390 g/mol. The van der Waals surface area contributed by atoms with Gasteiger partial charge in [0.1, 0.15) is 0 Å². The van der Waals surface area contributed by atoms with E-state index in [4.69, 9.17) is 0 Å². The molecule has 0 radical (unpaired) electrons. The molecule has 0 aliphatic carbocycles. The molecule has 0 spiro atoms. The summed E-state index contributed by atoms with van der Waals surface area (Å²) in [6.45, 7) is 6.05. The Morgan fingerprint density at radius 1 is 1.07 bits per heavy atom. The molecule has 0 saturated heterocycles. The number of anilines is 2. The molecule has 0 fully saturated rings. The minimum absolute atomic E-state index is 0.0404. The molecule has 2 rings (SSSR count). The third-order valence-corrected chi connectivity index (χ3v) is 6.09. The van der Waals surface area contributed by atoms with Crippen LogP contribution in [0.1, 0.15) is 30.9 Å². The van der Waals surface area contributed by atoms with Gasteiger partial charge in [0.05, 0.1) is 11.4 Å². The summed E-state index contributed by atoms with van der Waals surface area (Å²) in [5.41, 5.74) is 3.34. The largest absolute Gasteiger partial charge is 0.376 e. The fourth-order valence-electron chi connectivity index (χ4n) is 2.65. The van der Waals surface area contributed by atoms with Gasteiger partial charge in [-0.15, -0.1) is 0 Å². The van der Waals surface area contributed by atoms with E-state index in [1.807, 2.05) is 31.2 Å². The summed E-state index contributed by atoms with van der Waals surface area (Å²) in [5, 5.41) is 5.95. The molecule has 0 saturated carbocycles. The van der Waals surface area contributed by atoms with Crippen molar-refractivity contribution in [2.45, 2.75) is 31.6 Å². The minimum Gasteiger partial charge on any atom is -0.376 e. The molecule has 2 aromatic carbocycles. The Balaban J connectivity index is 2.12. The maximum absolute atomic E-state index is 12.4. The SMILES string of the molecule is Cc1ccc(S(=O)(=O)N(C)C)cc1NCC(=O)Nc1ccccc1C(C)C. The van der Waals surface area contributed by atoms with Gasteiger partial charge in [-0.3, -0.25) is 4.79 Å². The van der Waals surface area contributed by atoms with Gasteiger partial charge < -0.3 is 10.6 Å². The molecule has 0 heterocycles. The number of carbonyl (C=O) groups is 1. The van der Waals surface area contributed by atoms with Crippen molar-refractivity contribution in [3.8, 4) is 0 Å². The number of benzene rings is 2. The summed E-state index contributed by atoms with van der Waals surface area (Å²) < 4.78 is 25.8. The van der Waals surface area contributed by atoms with Crippen LogP contribution in [-0.4, -0.2) is 39.3 Å². The highest BCUT2D eigenvalue weighted by atomic mass is 32.2. The Hall–Kier alpha value is -2.38. The lowest BCUT2D eigenvalue weighted by molar-refractivity contribution is -0.114. The zero-order valence-corrected chi connectivity index (χ0v) is 17.2. The number of rotatable bonds is 7. The second kappa shape index (κ2) is 8.54. The molecule has 0 unspecified atom stereocenters. The van der Waals surface area contributed by atoms with E-state index in [-0.39, 0.29) is 17.3 Å². The topological polar surface area (TPSA) is 78.5 Å². The normalized spacial score (nSPS) is 11.7. The van der Waals surface area contributed by atoms with Gasteiger partial charge in [0.25, 0.3) is 0 Å². The van der Waals surface area contributed by atoms with Crippen molar-refractivity contribution in [2.24, 2.45) is 0 Å². The summed E-state index contributed by atoms with van der Waals surface area (Å²) in [4.78, 5) is 12.5. The third-order valence-electron chi connectivity index (χ3n) is 4.28. The van der Waals surface area contributed by atoms with Gasteiger partial charge in [-0.05, 0) is 42.2 Å². The molecule has 6 nitrogen and oxygen atoms in total. The van der Waals surface area contributed by atoms with Gasteiger partial charge in [0.2, 0.25) is 15.9 Å². The van der Waals surface area contributed by atoms with Crippen LogP contribution in [0.4, 0.5) is 11.4 Å². The Labute approximate surface area is 161 Å². The van der Waals surface area contributed by atoms with Gasteiger partial charge in [-0.25, -0.2) is 12.7 Å². The molecule has 0 aliphatic rings. The van der Waals surface area contributed by atoms with Crippen LogP contribution in [0.2, 0.25) is 0 Å². The van der Waals surface area contributed by atoms with Gasteiger partial charge >= 0.3 is 0 Å². The number of para-hydroxylation sites is 1. The predicted molar refractivity (Wildman–Crippen MR) is 110 cm³/mol. The smallest absolute Gasteiger partial charge is 0.243 e. The highest BCUT2D eigenvalue weighted by Crippen LogP contribution is 2.24. The predicted octanol–water partition coefficient (Wildman–Crippen LogP) is 3.42. The Kier molecular flexibility index (Phi) is 6.62. The van der Waals surface area contributed by atoms with Crippen molar-refractivity contribution in [3.63, 3.8) is 0 Å². The number of aryl methyl sites for hydroxylation is 1. The first-order chi connectivity index (χ1) is 12.6. The Bertz CT molecular complexity index is 922. The van der Waals surface area contributed by atoms with E-state index in [1.54, 1.807) is 18.2 Å². The maximum atomic E-state index is 12.4. The van der Waals surface area contributed by atoms with Crippen LogP contribution in [0, 0.1) is 6.92 Å².